The number of halogens is 2. The van der Waals surface area contributed by atoms with Gasteiger partial charge in [0.05, 0.1) is 5.56 Å². The summed E-state index contributed by atoms with van der Waals surface area (Å²) < 4.78 is 30.7. The lowest BCUT2D eigenvalue weighted by Gasteiger charge is -2.21. The van der Waals surface area contributed by atoms with E-state index in [-0.39, 0.29) is 17.9 Å². The first-order chi connectivity index (χ1) is 6.59. The molecule has 0 radical (unpaired) electrons. The average Bonchev–Trinajstić information content (AvgIpc) is 2.12. The molecule has 14 heavy (non-hydrogen) atoms. The topological polar surface area (TPSA) is 52.3 Å². The zero-order valence-electron chi connectivity index (χ0n) is 7.09. The molecule has 0 saturated heterocycles. The smallest absolute Gasteiger partial charge is 0.186 e. The van der Waals surface area contributed by atoms with Crippen molar-refractivity contribution in [2.45, 2.75) is 6.04 Å². The molecule has 3 nitrogen and oxygen atoms in total. The highest BCUT2D eigenvalue weighted by atomic mass is 19.1. The van der Waals surface area contributed by atoms with Gasteiger partial charge in [-0.25, -0.2) is 8.78 Å². The zero-order chi connectivity index (χ0) is 10.3. The van der Waals surface area contributed by atoms with Gasteiger partial charge in [0.2, 0.25) is 0 Å². The fourth-order valence-electron chi connectivity index (χ4n) is 1.34. The van der Waals surface area contributed by atoms with Crippen LogP contribution >= 0.6 is 0 Å². The molecule has 1 unspecified atom stereocenters. The Morgan fingerprint density at radius 2 is 2.14 bits per heavy atom. The van der Waals surface area contributed by atoms with Crippen LogP contribution in [0.4, 0.5) is 8.78 Å². The molecule has 5 heteroatoms. The Balaban J connectivity index is 2.60. The van der Waals surface area contributed by atoms with Crippen molar-refractivity contribution in [3.63, 3.8) is 0 Å². The molecule has 0 amide bonds. The van der Waals surface area contributed by atoms with Crippen LogP contribution in [0.5, 0.6) is 5.75 Å². The van der Waals surface area contributed by atoms with Crippen LogP contribution in [0.3, 0.4) is 0 Å². The van der Waals surface area contributed by atoms with Crippen LogP contribution in [-0.2, 0) is 0 Å². The maximum Gasteiger partial charge on any atom is 0.186 e. The Morgan fingerprint density at radius 3 is 2.86 bits per heavy atom. The predicted molar refractivity (Wildman–Crippen MR) is 44.2 cm³/mol. The Kier molecular flexibility index (Phi) is 1.96. The van der Waals surface area contributed by atoms with Crippen LogP contribution in [0.25, 0.3) is 0 Å². The summed E-state index contributed by atoms with van der Waals surface area (Å²) in [7, 11) is 0. The number of ketones is 1. The summed E-state index contributed by atoms with van der Waals surface area (Å²) in [5, 5.41) is 0. The highest BCUT2D eigenvalue weighted by Gasteiger charge is 2.28. The Bertz CT molecular complexity index is 406. The van der Waals surface area contributed by atoms with E-state index in [0.717, 1.165) is 6.07 Å². The number of ether oxygens (including phenoxy) is 1. The molecular formula is C9H7F2NO2. The Labute approximate surface area is 78.5 Å². The van der Waals surface area contributed by atoms with Gasteiger partial charge in [0, 0.05) is 6.07 Å². The minimum Gasteiger partial charge on any atom is -0.488 e. The summed E-state index contributed by atoms with van der Waals surface area (Å²) in [5.74, 6) is -2.39. The maximum absolute atomic E-state index is 13.1. The van der Waals surface area contributed by atoms with Crippen molar-refractivity contribution in [1.82, 2.24) is 0 Å². The number of carbonyl (C=O) groups excluding carboxylic acids is 1. The third-order valence-electron chi connectivity index (χ3n) is 2.02. The van der Waals surface area contributed by atoms with Crippen LogP contribution in [-0.4, -0.2) is 18.4 Å². The average molecular weight is 199 g/mol. The lowest BCUT2D eigenvalue weighted by Crippen LogP contribution is -2.40. The first kappa shape index (κ1) is 9.08. The Hall–Kier alpha value is -1.49. The quantitative estimate of drug-likeness (QED) is 0.674. The summed E-state index contributed by atoms with van der Waals surface area (Å²) in [6.07, 6.45) is 0. The molecule has 1 aromatic carbocycles. The van der Waals surface area contributed by atoms with Gasteiger partial charge < -0.3 is 10.5 Å². The minimum atomic E-state index is -0.875. The molecule has 1 aromatic rings. The van der Waals surface area contributed by atoms with Crippen LogP contribution < -0.4 is 10.5 Å². The molecule has 0 aromatic heterocycles. The Morgan fingerprint density at radius 1 is 1.43 bits per heavy atom. The number of rotatable bonds is 0. The van der Waals surface area contributed by atoms with Crippen molar-refractivity contribution >= 4 is 5.78 Å². The van der Waals surface area contributed by atoms with Crippen molar-refractivity contribution in [2.75, 3.05) is 6.61 Å². The highest BCUT2D eigenvalue weighted by Crippen LogP contribution is 2.28. The molecule has 0 aliphatic carbocycles. The lowest BCUT2D eigenvalue weighted by atomic mass is 10.0. The summed E-state index contributed by atoms with van der Waals surface area (Å²) in [6.45, 7) is -0.0750. The van der Waals surface area contributed by atoms with E-state index in [2.05, 4.69) is 0 Å². The summed E-state index contributed by atoms with van der Waals surface area (Å²) in [6, 6.07) is 0.756. The van der Waals surface area contributed by atoms with Crippen molar-refractivity contribution < 1.29 is 18.3 Å². The number of hydrogen-bond donors (Lipinski definition) is 1. The van der Waals surface area contributed by atoms with Crippen molar-refractivity contribution in [2.24, 2.45) is 5.73 Å². The second kappa shape index (κ2) is 3.02. The normalized spacial score (nSPS) is 20.2. The van der Waals surface area contributed by atoms with E-state index in [0.29, 0.717) is 6.07 Å². The third-order valence-corrected chi connectivity index (χ3v) is 2.02. The van der Waals surface area contributed by atoms with E-state index in [9.17, 15) is 13.6 Å². The van der Waals surface area contributed by atoms with Gasteiger partial charge in [0.1, 0.15) is 18.5 Å². The molecule has 1 aliphatic rings. The van der Waals surface area contributed by atoms with Crippen molar-refractivity contribution in [1.29, 1.82) is 0 Å². The van der Waals surface area contributed by atoms with Crippen molar-refractivity contribution in [3.8, 4) is 5.75 Å². The van der Waals surface area contributed by atoms with E-state index in [1.807, 2.05) is 0 Å². The molecule has 0 fully saturated rings. The number of carbonyl (C=O) groups is 1. The van der Waals surface area contributed by atoms with E-state index < -0.39 is 23.5 Å². The molecule has 74 valence electrons. The molecule has 1 aliphatic heterocycles. The number of Topliss-reactive ketones (excluding diaryl/α,β-unsaturated/α-hetero) is 1. The number of nitrogens with two attached hydrogens (primary N) is 1. The third kappa shape index (κ3) is 1.26. The monoisotopic (exact) mass is 199 g/mol. The first-order valence-corrected chi connectivity index (χ1v) is 4.01. The number of hydrogen-bond acceptors (Lipinski definition) is 3. The van der Waals surface area contributed by atoms with Crippen LogP contribution in [0.1, 0.15) is 10.4 Å². The SMILES string of the molecule is NC1COc2c(F)cc(F)cc2C1=O. The van der Waals surface area contributed by atoms with E-state index in [1.165, 1.54) is 0 Å². The molecule has 1 atom stereocenters. The van der Waals surface area contributed by atoms with Gasteiger partial charge in [0.25, 0.3) is 0 Å². The van der Waals surface area contributed by atoms with Crippen LogP contribution in [0, 0.1) is 11.6 Å². The van der Waals surface area contributed by atoms with Gasteiger partial charge in [0.15, 0.2) is 17.3 Å². The van der Waals surface area contributed by atoms with Gasteiger partial charge >= 0.3 is 0 Å². The number of benzene rings is 1. The predicted octanol–water partition coefficient (Wildman–Crippen LogP) is 0.867. The molecule has 0 bridgehead atoms. The van der Waals surface area contributed by atoms with E-state index in [1.54, 1.807) is 0 Å². The standard InChI is InChI=1S/C9H7F2NO2/c10-4-1-5-8(13)7(12)3-14-9(5)6(11)2-4/h1-2,7H,3,12H2. The molecule has 1 heterocycles. The second-order valence-corrected chi connectivity index (χ2v) is 3.05. The molecular weight excluding hydrogens is 192 g/mol. The summed E-state index contributed by atoms with van der Waals surface area (Å²) >= 11 is 0. The van der Waals surface area contributed by atoms with Crippen LogP contribution in [0.15, 0.2) is 12.1 Å². The lowest BCUT2D eigenvalue weighted by molar-refractivity contribution is 0.0894. The molecule has 0 saturated carbocycles. The zero-order valence-corrected chi connectivity index (χ0v) is 7.09. The number of fused-ring (bicyclic) bond motifs is 1. The van der Waals surface area contributed by atoms with Gasteiger partial charge in [-0.3, -0.25) is 4.79 Å². The van der Waals surface area contributed by atoms with Gasteiger partial charge in [-0.15, -0.1) is 0 Å². The highest BCUT2D eigenvalue weighted by molar-refractivity contribution is 6.03. The molecule has 2 rings (SSSR count). The van der Waals surface area contributed by atoms with Gasteiger partial charge in [-0.05, 0) is 6.07 Å². The maximum atomic E-state index is 13.1. The largest absolute Gasteiger partial charge is 0.488 e. The first-order valence-electron chi connectivity index (χ1n) is 4.01. The summed E-state index contributed by atoms with van der Waals surface area (Å²) in [4.78, 5) is 11.4. The fourth-order valence-corrected chi connectivity index (χ4v) is 1.34. The fraction of sp³-hybridized carbons (Fsp3) is 0.222. The van der Waals surface area contributed by atoms with Crippen LogP contribution in [0.2, 0.25) is 0 Å². The van der Waals surface area contributed by atoms with Gasteiger partial charge in [-0.1, -0.05) is 0 Å². The molecule has 2 N–H and O–H groups in total. The second-order valence-electron chi connectivity index (χ2n) is 3.05. The van der Waals surface area contributed by atoms with E-state index in [4.69, 9.17) is 10.5 Å². The minimum absolute atomic E-state index is 0.0750. The van der Waals surface area contributed by atoms with E-state index >= 15 is 0 Å². The molecule has 0 spiro atoms. The van der Waals surface area contributed by atoms with Crippen molar-refractivity contribution in [3.05, 3.63) is 29.3 Å². The summed E-state index contributed by atoms with van der Waals surface area (Å²) in [5.41, 5.74) is 5.25. The van der Waals surface area contributed by atoms with Gasteiger partial charge in [-0.2, -0.15) is 0 Å².